The Labute approximate surface area is 326 Å². The number of aromatic carboxylic acids is 2. The quantitative estimate of drug-likeness (QED) is 0.101. The smallest absolute Gasteiger partial charge is 0.338 e. The van der Waals surface area contributed by atoms with E-state index in [-0.39, 0.29) is 33.4 Å². The molecule has 0 bridgehead atoms. The predicted octanol–water partition coefficient (Wildman–Crippen LogP) is 7.23. The summed E-state index contributed by atoms with van der Waals surface area (Å²) in [6.07, 6.45) is 0.336. The number of carbonyl (C=O) groups is 2. The minimum atomic E-state index is -1.47. The lowest BCUT2D eigenvalue weighted by atomic mass is 10.1. The average Bonchev–Trinajstić information content (AvgIpc) is 3.16. The van der Waals surface area contributed by atoms with Gasteiger partial charge in [0.25, 0.3) is 0 Å². The second-order valence-electron chi connectivity index (χ2n) is 10.9. The Bertz CT molecular complexity index is 1860. The van der Waals surface area contributed by atoms with Crippen LogP contribution in [0, 0.1) is 30.2 Å². The van der Waals surface area contributed by atoms with Gasteiger partial charge in [0.2, 0.25) is 0 Å². The number of carboxylic acid groups (broad SMARTS) is 2. The largest absolute Gasteiger partial charge is 1.00 e. The molecule has 0 saturated heterocycles. The van der Waals surface area contributed by atoms with Crippen molar-refractivity contribution in [3.63, 3.8) is 0 Å². The molecule has 4 nitrogen and oxygen atoms in total. The topological polar surface area (TPSA) is 74.6 Å². The van der Waals surface area contributed by atoms with Gasteiger partial charge in [-0.25, -0.2) is 27.2 Å². The third-order valence-electron chi connectivity index (χ3n) is 7.29. The first-order chi connectivity index (χ1) is 25.0. The number of carboxylic acids is 2. The molecule has 11 heteroatoms. The van der Waals surface area contributed by atoms with Gasteiger partial charge in [-0.3, -0.25) is 0 Å². The third kappa shape index (κ3) is 13.4. The van der Waals surface area contributed by atoms with Crippen LogP contribution in [0.15, 0.2) is 146 Å². The van der Waals surface area contributed by atoms with Crippen molar-refractivity contribution in [2.24, 2.45) is 0 Å². The number of halogens is 6. The van der Waals surface area contributed by atoms with E-state index in [0.29, 0.717) is 6.42 Å². The van der Waals surface area contributed by atoms with Gasteiger partial charge in [0, 0.05) is 10.9 Å². The molecule has 0 radical (unpaired) electrons. The third-order valence-corrected chi connectivity index (χ3v) is 10.3. The highest BCUT2D eigenvalue weighted by atomic mass is 79.9. The van der Waals surface area contributed by atoms with Gasteiger partial charge in [0.15, 0.2) is 23.3 Å². The minimum absolute atomic E-state index is 0. The molecule has 0 amide bonds. The Hall–Kier alpha value is -4.63. The summed E-state index contributed by atoms with van der Waals surface area (Å²) in [4.78, 5) is 20.7. The fraction of sp³-hybridized carbons (Fsp3) is 0.0952. The molecule has 0 unspecified atom stereocenters. The maximum atomic E-state index is 13.0. The first-order valence-electron chi connectivity index (χ1n) is 15.9. The Kier molecular flexibility index (Phi) is 19.4. The fourth-order valence-corrected chi connectivity index (χ4v) is 7.34. The standard InChI is InChI=1S/C18H15P.C9H8F2O2.C8H5BrF2O2.C7H8.BrH/c1-4-10-16(11-5-1)19(17-12-6-2-7-13-17)18-14-8-3-9-15-18;1-2-5-3-4-6(9(12)13)8(11)7(5)10;9-3-4-1-2-5(8(12)13)7(11)6(4)10;1-7-5-3-2-4-6-7;/h1-15H;3-4H,2H2,1H3,(H,12,13);1-2H,3H2,(H,12,13);2-6H,1H3;1H/p-1. The molecule has 6 aromatic carbocycles. The second-order valence-corrected chi connectivity index (χ2v) is 13.7. The van der Waals surface area contributed by atoms with Crippen LogP contribution in [0.25, 0.3) is 0 Å². The van der Waals surface area contributed by atoms with E-state index < -0.39 is 54.3 Å². The lowest BCUT2D eigenvalue weighted by Crippen LogP contribution is -3.00. The molecule has 276 valence electrons. The van der Waals surface area contributed by atoms with Crippen LogP contribution in [0.1, 0.15) is 44.3 Å². The van der Waals surface area contributed by atoms with Gasteiger partial charge < -0.3 is 27.2 Å². The maximum absolute atomic E-state index is 13.0. The van der Waals surface area contributed by atoms with Crippen molar-refractivity contribution in [1.82, 2.24) is 0 Å². The van der Waals surface area contributed by atoms with Crippen molar-refractivity contribution in [3.05, 3.63) is 197 Å². The van der Waals surface area contributed by atoms with E-state index in [1.165, 1.54) is 33.6 Å². The number of aryl methyl sites for hydroxylation is 2. The zero-order valence-electron chi connectivity index (χ0n) is 28.7. The summed E-state index contributed by atoms with van der Waals surface area (Å²) >= 11 is 2.95. The van der Waals surface area contributed by atoms with Crippen LogP contribution >= 0.6 is 23.9 Å². The number of hydrogen-bond donors (Lipinski definition) is 2. The van der Waals surface area contributed by atoms with Crippen LogP contribution in [0.5, 0.6) is 0 Å². The van der Waals surface area contributed by atoms with Gasteiger partial charge in [0.1, 0.15) is 0 Å². The van der Waals surface area contributed by atoms with Crippen LogP contribution in [-0.4, -0.2) is 22.2 Å². The van der Waals surface area contributed by atoms with Gasteiger partial charge in [-0.2, -0.15) is 0 Å². The van der Waals surface area contributed by atoms with E-state index >= 15 is 0 Å². The zero-order chi connectivity index (χ0) is 38.0. The van der Waals surface area contributed by atoms with Crippen molar-refractivity contribution >= 4 is 51.7 Å². The molecule has 0 fully saturated rings. The van der Waals surface area contributed by atoms with E-state index in [9.17, 15) is 27.2 Å². The first kappa shape index (κ1) is 44.5. The summed E-state index contributed by atoms with van der Waals surface area (Å²) in [5.74, 6) is -7.72. The summed E-state index contributed by atoms with van der Waals surface area (Å²) in [7, 11) is -0.446. The highest BCUT2D eigenvalue weighted by molar-refractivity contribution is 9.08. The lowest BCUT2D eigenvalue weighted by molar-refractivity contribution is -0.0000433. The van der Waals surface area contributed by atoms with Crippen molar-refractivity contribution in [2.45, 2.75) is 25.6 Å². The van der Waals surface area contributed by atoms with Crippen molar-refractivity contribution < 1.29 is 54.3 Å². The molecule has 2 N–H and O–H groups in total. The molecule has 0 aromatic heterocycles. The molecule has 0 aliphatic rings. The molecule has 6 rings (SSSR count). The number of rotatable bonds is 7. The Morgan fingerprint density at radius 3 is 1.13 bits per heavy atom. The summed E-state index contributed by atoms with van der Waals surface area (Å²) in [5.41, 5.74) is 0.324. The normalized spacial score (nSPS) is 9.89. The Morgan fingerprint density at radius 2 is 0.849 bits per heavy atom. The molecule has 0 heterocycles. The summed E-state index contributed by atoms with van der Waals surface area (Å²) < 4.78 is 51.8. The van der Waals surface area contributed by atoms with Crippen molar-refractivity contribution in [1.29, 1.82) is 0 Å². The number of alkyl halides is 1. The molecule has 0 aliphatic carbocycles. The highest BCUT2D eigenvalue weighted by Gasteiger charge is 2.18. The van der Waals surface area contributed by atoms with Crippen LogP contribution in [0.2, 0.25) is 0 Å². The van der Waals surface area contributed by atoms with Crippen molar-refractivity contribution in [3.8, 4) is 0 Å². The molecular weight excluding hydrogens is 835 g/mol. The summed E-state index contributed by atoms with van der Waals surface area (Å²) in [6, 6.07) is 47.2. The van der Waals surface area contributed by atoms with E-state index in [1.54, 1.807) is 6.92 Å². The average molecular weight is 872 g/mol. The van der Waals surface area contributed by atoms with Crippen LogP contribution in [0.3, 0.4) is 0 Å². The molecule has 0 spiro atoms. The van der Waals surface area contributed by atoms with Gasteiger partial charge in [0.05, 0.1) is 11.1 Å². The molecular formula is C42H36Br2F4O4P-. The monoisotopic (exact) mass is 869 g/mol. The van der Waals surface area contributed by atoms with E-state index in [1.807, 2.05) is 18.2 Å². The number of benzene rings is 6. The van der Waals surface area contributed by atoms with Gasteiger partial charge in [-0.15, -0.1) is 0 Å². The summed E-state index contributed by atoms with van der Waals surface area (Å²) in [6.45, 7) is 3.75. The second kappa shape index (κ2) is 23.1. The van der Waals surface area contributed by atoms with Crippen LogP contribution in [0.4, 0.5) is 17.6 Å². The Morgan fingerprint density at radius 1 is 0.528 bits per heavy atom. The molecule has 53 heavy (non-hydrogen) atoms. The zero-order valence-corrected chi connectivity index (χ0v) is 32.8. The van der Waals surface area contributed by atoms with E-state index in [4.69, 9.17) is 10.2 Å². The number of hydrogen-bond acceptors (Lipinski definition) is 2. The van der Waals surface area contributed by atoms with E-state index in [2.05, 4.69) is 126 Å². The molecule has 0 atom stereocenters. The fourth-order valence-electron chi connectivity index (χ4n) is 4.60. The van der Waals surface area contributed by atoms with Gasteiger partial charge in [-0.05, 0) is 54.9 Å². The van der Waals surface area contributed by atoms with Crippen LogP contribution in [-0.2, 0) is 11.8 Å². The van der Waals surface area contributed by atoms with Gasteiger partial charge >= 0.3 is 11.9 Å². The highest BCUT2D eigenvalue weighted by Crippen LogP contribution is 2.32. The molecule has 0 saturated carbocycles. The minimum Gasteiger partial charge on any atom is -1.00 e. The summed E-state index contributed by atoms with van der Waals surface area (Å²) in [5, 5.41) is 21.2. The predicted molar refractivity (Wildman–Crippen MR) is 205 cm³/mol. The Balaban J connectivity index is 0.000000256. The van der Waals surface area contributed by atoms with E-state index in [0.717, 1.165) is 12.1 Å². The maximum Gasteiger partial charge on any atom is 0.338 e. The lowest BCUT2D eigenvalue weighted by Gasteiger charge is -2.18. The molecule has 0 aliphatic heterocycles. The SMILES string of the molecule is CCc1ccc(C(=O)O)c(F)c1F.Cc1ccccc1.O=C(O)c1ccc(CBr)c(F)c1F.[Br-].c1ccc(P(c2ccccc2)c2ccccc2)cc1. The van der Waals surface area contributed by atoms with Gasteiger partial charge in [-0.1, -0.05) is 162 Å². The van der Waals surface area contributed by atoms with Crippen LogP contribution < -0.4 is 32.9 Å². The molecule has 6 aromatic rings. The first-order valence-corrected chi connectivity index (χ1v) is 18.4. The van der Waals surface area contributed by atoms with Crippen molar-refractivity contribution in [2.75, 3.05) is 0 Å².